The predicted molar refractivity (Wildman–Crippen MR) is 58.2 cm³/mol. The Labute approximate surface area is 89.4 Å². The molecular formula is C12H15NO2. The molecule has 1 N–H and O–H groups in total. The van der Waals surface area contributed by atoms with E-state index in [4.69, 9.17) is 4.74 Å². The van der Waals surface area contributed by atoms with E-state index in [0.717, 1.165) is 18.4 Å². The van der Waals surface area contributed by atoms with Gasteiger partial charge in [0, 0.05) is 6.04 Å². The summed E-state index contributed by atoms with van der Waals surface area (Å²) in [4.78, 5) is 11.8. The molecule has 1 amide bonds. The highest BCUT2D eigenvalue weighted by atomic mass is 16.5. The number of hydrogen-bond donors (Lipinski definition) is 1. The number of methoxy groups -OCH3 is 1. The number of carbonyl (C=O) groups excluding carboxylic acids is 1. The monoisotopic (exact) mass is 205 g/mol. The lowest BCUT2D eigenvalue weighted by atomic mass is 10.1. The normalized spacial score (nSPS) is 14.8. The van der Waals surface area contributed by atoms with Crippen molar-refractivity contribution in [3.05, 3.63) is 29.3 Å². The van der Waals surface area contributed by atoms with E-state index >= 15 is 0 Å². The van der Waals surface area contributed by atoms with E-state index < -0.39 is 0 Å². The summed E-state index contributed by atoms with van der Waals surface area (Å²) in [6.45, 7) is 1.97. The lowest BCUT2D eigenvalue weighted by Crippen LogP contribution is -2.25. The van der Waals surface area contributed by atoms with Gasteiger partial charge in [-0.2, -0.15) is 0 Å². The van der Waals surface area contributed by atoms with Crippen LogP contribution in [-0.4, -0.2) is 19.1 Å². The molecule has 1 fully saturated rings. The number of benzene rings is 1. The molecule has 0 unspecified atom stereocenters. The van der Waals surface area contributed by atoms with Gasteiger partial charge in [-0.15, -0.1) is 0 Å². The SMILES string of the molecule is COc1ccc(C)cc1C(=O)NC1CC1. The summed E-state index contributed by atoms with van der Waals surface area (Å²) in [5, 5.41) is 2.95. The van der Waals surface area contributed by atoms with Gasteiger partial charge in [-0.3, -0.25) is 4.79 Å². The molecule has 0 saturated heterocycles. The molecule has 1 saturated carbocycles. The van der Waals surface area contributed by atoms with Crippen LogP contribution in [0.1, 0.15) is 28.8 Å². The molecule has 80 valence electrons. The molecule has 3 nitrogen and oxygen atoms in total. The average Bonchev–Trinajstić information content (AvgIpc) is 3.01. The number of hydrogen-bond acceptors (Lipinski definition) is 2. The summed E-state index contributed by atoms with van der Waals surface area (Å²) >= 11 is 0. The highest BCUT2D eigenvalue weighted by molar-refractivity contribution is 5.97. The van der Waals surface area contributed by atoms with Crippen molar-refractivity contribution in [3.63, 3.8) is 0 Å². The zero-order valence-corrected chi connectivity index (χ0v) is 9.04. The fraction of sp³-hybridized carbons (Fsp3) is 0.417. The Morgan fingerprint density at radius 1 is 1.47 bits per heavy atom. The molecule has 1 aliphatic rings. The first kappa shape index (κ1) is 10.0. The fourth-order valence-corrected chi connectivity index (χ4v) is 1.49. The number of nitrogens with one attached hydrogen (secondary N) is 1. The van der Waals surface area contributed by atoms with Gasteiger partial charge in [-0.1, -0.05) is 11.6 Å². The van der Waals surface area contributed by atoms with Crippen molar-refractivity contribution >= 4 is 5.91 Å². The molecule has 1 aliphatic carbocycles. The Kier molecular flexibility index (Phi) is 2.62. The second-order valence-corrected chi connectivity index (χ2v) is 3.95. The first-order valence-corrected chi connectivity index (χ1v) is 5.16. The van der Waals surface area contributed by atoms with Crippen LogP contribution >= 0.6 is 0 Å². The van der Waals surface area contributed by atoms with Crippen LogP contribution in [0.25, 0.3) is 0 Å². The van der Waals surface area contributed by atoms with Crippen molar-refractivity contribution in [3.8, 4) is 5.75 Å². The molecule has 2 rings (SSSR count). The van der Waals surface area contributed by atoms with E-state index in [1.54, 1.807) is 7.11 Å². The third-order valence-corrected chi connectivity index (χ3v) is 2.51. The zero-order valence-electron chi connectivity index (χ0n) is 9.04. The standard InChI is InChI=1S/C12H15NO2/c1-8-3-6-11(15-2)10(7-8)12(14)13-9-4-5-9/h3,6-7,9H,4-5H2,1-2H3,(H,13,14). The van der Waals surface area contributed by atoms with Crippen LogP contribution < -0.4 is 10.1 Å². The van der Waals surface area contributed by atoms with Crippen LogP contribution in [0, 0.1) is 6.92 Å². The van der Waals surface area contributed by atoms with Crippen LogP contribution in [0.5, 0.6) is 5.75 Å². The molecule has 1 aromatic rings. The minimum absolute atomic E-state index is 0.0296. The maximum absolute atomic E-state index is 11.8. The maximum atomic E-state index is 11.8. The molecular weight excluding hydrogens is 190 g/mol. The first-order valence-electron chi connectivity index (χ1n) is 5.16. The largest absolute Gasteiger partial charge is 0.496 e. The number of carbonyl (C=O) groups is 1. The Morgan fingerprint density at radius 3 is 2.80 bits per heavy atom. The van der Waals surface area contributed by atoms with Gasteiger partial charge in [0.2, 0.25) is 0 Å². The van der Waals surface area contributed by atoms with Crippen molar-refractivity contribution in [1.29, 1.82) is 0 Å². The second kappa shape index (κ2) is 3.93. The van der Waals surface area contributed by atoms with Gasteiger partial charge in [0.15, 0.2) is 0 Å². The topological polar surface area (TPSA) is 38.3 Å². The Bertz CT molecular complexity index is 383. The summed E-state index contributed by atoms with van der Waals surface area (Å²) < 4.78 is 5.16. The molecule has 0 aromatic heterocycles. The molecule has 15 heavy (non-hydrogen) atoms. The number of rotatable bonds is 3. The van der Waals surface area contributed by atoms with E-state index in [-0.39, 0.29) is 5.91 Å². The third kappa shape index (κ3) is 2.29. The predicted octanol–water partition coefficient (Wildman–Crippen LogP) is 1.90. The van der Waals surface area contributed by atoms with Gasteiger partial charge >= 0.3 is 0 Å². The lowest BCUT2D eigenvalue weighted by Gasteiger charge is -2.09. The second-order valence-electron chi connectivity index (χ2n) is 3.95. The van der Waals surface area contributed by atoms with E-state index in [1.165, 1.54) is 0 Å². The quantitative estimate of drug-likeness (QED) is 0.818. The van der Waals surface area contributed by atoms with Crippen molar-refractivity contribution in [2.75, 3.05) is 7.11 Å². The van der Waals surface area contributed by atoms with Crippen LogP contribution in [0.15, 0.2) is 18.2 Å². The summed E-state index contributed by atoms with van der Waals surface area (Å²) in [6, 6.07) is 6.00. The lowest BCUT2D eigenvalue weighted by molar-refractivity contribution is 0.0948. The van der Waals surface area contributed by atoms with Crippen LogP contribution in [-0.2, 0) is 0 Å². The van der Waals surface area contributed by atoms with E-state index in [2.05, 4.69) is 5.32 Å². The summed E-state index contributed by atoms with van der Waals surface area (Å²) in [7, 11) is 1.58. The van der Waals surface area contributed by atoms with Gasteiger partial charge in [0.25, 0.3) is 5.91 Å². The number of amides is 1. The molecule has 0 atom stereocenters. The van der Waals surface area contributed by atoms with E-state index in [0.29, 0.717) is 17.4 Å². The maximum Gasteiger partial charge on any atom is 0.255 e. The number of ether oxygens (including phenoxy) is 1. The number of aryl methyl sites for hydroxylation is 1. The van der Waals surface area contributed by atoms with Crippen molar-refractivity contribution in [2.24, 2.45) is 0 Å². The minimum atomic E-state index is -0.0296. The third-order valence-electron chi connectivity index (χ3n) is 2.51. The van der Waals surface area contributed by atoms with Crippen molar-refractivity contribution in [1.82, 2.24) is 5.32 Å². The van der Waals surface area contributed by atoms with E-state index in [1.807, 2.05) is 25.1 Å². The van der Waals surface area contributed by atoms with Crippen LogP contribution in [0.2, 0.25) is 0 Å². The summed E-state index contributed by atoms with van der Waals surface area (Å²) in [5.41, 5.74) is 1.70. The molecule has 0 heterocycles. The van der Waals surface area contributed by atoms with Crippen molar-refractivity contribution in [2.45, 2.75) is 25.8 Å². The molecule has 0 bridgehead atoms. The van der Waals surface area contributed by atoms with Gasteiger partial charge in [0.05, 0.1) is 12.7 Å². The molecule has 0 radical (unpaired) electrons. The van der Waals surface area contributed by atoms with Gasteiger partial charge in [-0.25, -0.2) is 0 Å². The summed E-state index contributed by atoms with van der Waals surface area (Å²) in [5.74, 6) is 0.608. The van der Waals surface area contributed by atoms with Gasteiger partial charge in [0.1, 0.15) is 5.75 Å². The van der Waals surface area contributed by atoms with Gasteiger partial charge in [-0.05, 0) is 31.9 Å². The zero-order chi connectivity index (χ0) is 10.8. The van der Waals surface area contributed by atoms with Crippen LogP contribution in [0.4, 0.5) is 0 Å². The van der Waals surface area contributed by atoms with Crippen LogP contribution in [0.3, 0.4) is 0 Å². The fourth-order valence-electron chi connectivity index (χ4n) is 1.49. The van der Waals surface area contributed by atoms with Gasteiger partial charge < -0.3 is 10.1 Å². The molecule has 1 aromatic carbocycles. The first-order chi connectivity index (χ1) is 7.20. The minimum Gasteiger partial charge on any atom is -0.496 e. The average molecular weight is 205 g/mol. The summed E-state index contributed by atoms with van der Waals surface area (Å²) in [6.07, 6.45) is 2.19. The highest BCUT2D eigenvalue weighted by Gasteiger charge is 2.25. The van der Waals surface area contributed by atoms with Crippen molar-refractivity contribution < 1.29 is 9.53 Å². The Hall–Kier alpha value is -1.51. The Morgan fingerprint density at radius 2 is 2.20 bits per heavy atom. The molecule has 3 heteroatoms. The smallest absolute Gasteiger partial charge is 0.255 e. The molecule has 0 spiro atoms. The van der Waals surface area contributed by atoms with E-state index in [9.17, 15) is 4.79 Å². The Balaban J connectivity index is 2.23. The highest BCUT2D eigenvalue weighted by Crippen LogP contribution is 2.23. The molecule has 0 aliphatic heterocycles.